The van der Waals surface area contributed by atoms with Gasteiger partial charge in [0, 0.05) is 6.07 Å². The van der Waals surface area contributed by atoms with Crippen molar-refractivity contribution in [3.05, 3.63) is 46.5 Å². The Labute approximate surface area is 131 Å². The van der Waals surface area contributed by atoms with Crippen molar-refractivity contribution < 1.29 is 4.57 Å². The van der Waals surface area contributed by atoms with E-state index in [-0.39, 0.29) is 10.1 Å². The molecule has 0 spiro atoms. The molecule has 0 radical (unpaired) electrons. The highest BCUT2D eigenvalue weighted by Gasteiger charge is 2.25. The Morgan fingerprint density at radius 1 is 1.38 bits per heavy atom. The first-order chi connectivity index (χ1) is 10.3. The van der Waals surface area contributed by atoms with Gasteiger partial charge in [0.05, 0.1) is 23.3 Å². The maximum absolute atomic E-state index is 12.7. The first kappa shape index (κ1) is 14.5. The quantitative estimate of drug-likeness (QED) is 0.815. The van der Waals surface area contributed by atoms with Gasteiger partial charge >= 0.3 is 5.56 Å². The van der Waals surface area contributed by atoms with Gasteiger partial charge in [-0.1, -0.05) is 6.07 Å². The molecule has 0 aliphatic carbocycles. The Kier molecular flexibility index (Phi) is 4.51. The number of aromatic nitrogens is 2. The summed E-state index contributed by atoms with van der Waals surface area (Å²) >= 11 is 3.69. The molecular weight excluding hydrogens is 302 g/mol. The van der Waals surface area contributed by atoms with E-state index >= 15 is 0 Å². The molecule has 1 aliphatic heterocycles. The zero-order valence-corrected chi connectivity index (χ0v) is 13.2. The summed E-state index contributed by atoms with van der Waals surface area (Å²) in [5.41, 5.74) is 1.74. The highest BCUT2D eigenvalue weighted by atomic mass is 32.2. The third-order valence-corrected chi connectivity index (χ3v) is 6.42. The molecule has 1 saturated heterocycles. The molecule has 3 heterocycles. The fourth-order valence-corrected chi connectivity index (χ4v) is 5.32. The van der Waals surface area contributed by atoms with Crippen LogP contribution in [0.4, 0.5) is 0 Å². The van der Waals surface area contributed by atoms with Crippen molar-refractivity contribution in [3.63, 3.8) is 0 Å². The summed E-state index contributed by atoms with van der Waals surface area (Å²) in [4.78, 5) is 12.7. The lowest BCUT2D eigenvalue weighted by molar-refractivity contribution is -0.674. The highest BCUT2D eigenvalue weighted by molar-refractivity contribution is 8.16. The SMILES string of the molecule is N#CCC[n+]1cc(C2SCCCS2)c(=O)n2ccccc21. The topological polar surface area (TPSA) is 49.1 Å². The van der Waals surface area contributed by atoms with Gasteiger partial charge in [-0.25, -0.2) is 9.36 Å². The lowest BCUT2D eigenvalue weighted by atomic mass is 10.3. The van der Waals surface area contributed by atoms with E-state index in [1.165, 1.54) is 6.42 Å². The highest BCUT2D eigenvalue weighted by Crippen LogP contribution is 2.41. The van der Waals surface area contributed by atoms with Crippen LogP contribution in [0, 0.1) is 11.3 Å². The molecule has 2 aromatic heterocycles. The van der Waals surface area contributed by atoms with Crippen molar-refractivity contribution in [2.24, 2.45) is 0 Å². The van der Waals surface area contributed by atoms with E-state index < -0.39 is 0 Å². The van der Waals surface area contributed by atoms with Gasteiger partial charge in [0.25, 0.3) is 5.65 Å². The van der Waals surface area contributed by atoms with Gasteiger partial charge in [-0.15, -0.1) is 23.5 Å². The average molecular weight is 318 g/mol. The predicted molar refractivity (Wildman–Crippen MR) is 86.4 cm³/mol. The third kappa shape index (κ3) is 2.94. The Hall–Kier alpha value is -1.45. The van der Waals surface area contributed by atoms with Gasteiger partial charge in [0.2, 0.25) is 0 Å². The molecule has 0 amide bonds. The normalized spacial score (nSPS) is 16.0. The molecule has 21 heavy (non-hydrogen) atoms. The Balaban J connectivity index is 2.13. The van der Waals surface area contributed by atoms with Crippen LogP contribution >= 0.6 is 23.5 Å². The second-order valence-electron chi connectivity index (χ2n) is 4.85. The van der Waals surface area contributed by atoms with E-state index in [9.17, 15) is 4.79 Å². The molecule has 108 valence electrons. The van der Waals surface area contributed by atoms with Crippen LogP contribution in [-0.2, 0) is 6.54 Å². The second-order valence-corrected chi connectivity index (χ2v) is 7.57. The number of fused-ring (bicyclic) bond motifs is 1. The summed E-state index contributed by atoms with van der Waals surface area (Å²) < 4.78 is 3.93. The van der Waals surface area contributed by atoms with Crippen molar-refractivity contribution in [2.75, 3.05) is 11.5 Å². The zero-order chi connectivity index (χ0) is 14.7. The summed E-state index contributed by atoms with van der Waals surface area (Å²) in [6, 6.07) is 7.88. The number of nitriles is 1. The summed E-state index contributed by atoms with van der Waals surface area (Å²) in [5.74, 6) is 2.21. The first-order valence-electron chi connectivity index (χ1n) is 6.95. The molecule has 2 aromatic rings. The summed E-state index contributed by atoms with van der Waals surface area (Å²) in [6.07, 6.45) is 5.40. The van der Waals surface area contributed by atoms with Crippen molar-refractivity contribution in [2.45, 2.75) is 24.0 Å². The molecule has 0 bridgehead atoms. The van der Waals surface area contributed by atoms with Crippen LogP contribution in [0.15, 0.2) is 35.4 Å². The monoisotopic (exact) mass is 318 g/mol. The number of nitrogens with zero attached hydrogens (tertiary/aromatic N) is 3. The van der Waals surface area contributed by atoms with Gasteiger partial charge in [-0.2, -0.15) is 9.66 Å². The van der Waals surface area contributed by atoms with E-state index in [0.29, 0.717) is 13.0 Å². The van der Waals surface area contributed by atoms with Gasteiger partial charge in [0.1, 0.15) is 18.3 Å². The van der Waals surface area contributed by atoms with E-state index in [4.69, 9.17) is 5.26 Å². The molecule has 0 N–H and O–H groups in total. The molecule has 0 saturated carbocycles. The first-order valence-corrected chi connectivity index (χ1v) is 9.05. The Morgan fingerprint density at radius 3 is 2.95 bits per heavy atom. The predicted octanol–water partition coefficient (Wildman–Crippen LogP) is 2.37. The molecule has 0 aromatic carbocycles. The van der Waals surface area contributed by atoms with Crippen molar-refractivity contribution >= 4 is 29.2 Å². The van der Waals surface area contributed by atoms with Gasteiger partial charge in [0.15, 0.2) is 0 Å². The average Bonchev–Trinajstić information content (AvgIpc) is 2.55. The zero-order valence-electron chi connectivity index (χ0n) is 11.6. The molecule has 1 fully saturated rings. The van der Waals surface area contributed by atoms with Crippen LogP contribution in [0.2, 0.25) is 0 Å². The third-order valence-electron chi connectivity index (χ3n) is 3.44. The molecule has 6 heteroatoms. The lowest BCUT2D eigenvalue weighted by Gasteiger charge is -2.19. The number of aryl methyl sites for hydroxylation is 1. The molecule has 1 aliphatic rings. The number of rotatable bonds is 3. The molecule has 3 rings (SSSR count). The van der Waals surface area contributed by atoms with Gasteiger partial charge < -0.3 is 0 Å². The number of hydrogen-bond donors (Lipinski definition) is 0. The van der Waals surface area contributed by atoms with E-state index in [0.717, 1.165) is 22.7 Å². The summed E-state index contributed by atoms with van der Waals surface area (Å²) in [5, 5.41) is 8.83. The Morgan fingerprint density at radius 2 is 2.19 bits per heavy atom. The van der Waals surface area contributed by atoms with Crippen LogP contribution in [-0.4, -0.2) is 15.9 Å². The van der Waals surface area contributed by atoms with Crippen LogP contribution in [0.25, 0.3) is 5.65 Å². The summed E-state index contributed by atoms with van der Waals surface area (Å²) in [7, 11) is 0. The van der Waals surface area contributed by atoms with Crippen LogP contribution in [0.1, 0.15) is 23.0 Å². The molecular formula is C15H16N3OS2+. The fraction of sp³-hybridized carbons (Fsp3) is 0.400. The maximum atomic E-state index is 12.7. The fourth-order valence-electron chi connectivity index (χ4n) is 2.45. The summed E-state index contributed by atoms with van der Waals surface area (Å²) in [6.45, 7) is 0.610. The number of hydrogen-bond acceptors (Lipinski definition) is 4. The maximum Gasteiger partial charge on any atom is 0.347 e. The van der Waals surface area contributed by atoms with Gasteiger partial charge in [-0.3, -0.25) is 0 Å². The minimum absolute atomic E-state index is 0.0608. The minimum Gasteiger partial charge on any atom is -0.240 e. The van der Waals surface area contributed by atoms with Crippen LogP contribution in [0.5, 0.6) is 0 Å². The molecule has 0 atom stereocenters. The van der Waals surface area contributed by atoms with Crippen molar-refractivity contribution in [3.8, 4) is 6.07 Å². The van der Waals surface area contributed by atoms with Crippen LogP contribution < -0.4 is 10.1 Å². The van der Waals surface area contributed by atoms with Crippen LogP contribution in [0.3, 0.4) is 0 Å². The second kappa shape index (κ2) is 6.54. The standard InChI is InChI=1S/C15H16N3OS2/c16-6-3-7-17-11-12(15-20-9-4-10-21-15)14(19)18-8-2-1-5-13(17)18/h1-2,5,8,11,15H,3-4,7,9-10H2/q+1. The van der Waals surface area contributed by atoms with E-state index in [2.05, 4.69) is 6.07 Å². The molecule has 4 nitrogen and oxygen atoms in total. The largest absolute Gasteiger partial charge is 0.347 e. The van der Waals surface area contributed by atoms with Gasteiger partial charge in [-0.05, 0) is 24.0 Å². The smallest absolute Gasteiger partial charge is 0.240 e. The lowest BCUT2D eigenvalue weighted by Crippen LogP contribution is -2.41. The van der Waals surface area contributed by atoms with E-state index in [1.54, 1.807) is 4.40 Å². The van der Waals surface area contributed by atoms with Crippen molar-refractivity contribution in [1.82, 2.24) is 4.40 Å². The number of thioether (sulfide) groups is 2. The van der Waals surface area contributed by atoms with E-state index in [1.807, 2.05) is 58.7 Å². The minimum atomic E-state index is 0.0608. The Bertz CT molecular complexity index is 745. The van der Waals surface area contributed by atoms with Crippen molar-refractivity contribution in [1.29, 1.82) is 5.26 Å². The number of pyridine rings is 1. The molecule has 0 unspecified atom stereocenters.